The van der Waals surface area contributed by atoms with E-state index in [2.05, 4.69) is 10.6 Å². The fourth-order valence-electron chi connectivity index (χ4n) is 2.98. The molecular formula is C21H24N2O3. The molecule has 2 aromatic rings. The number of benzene rings is 2. The average Bonchev–Trinajstić information content (AvgIpc) is 3.16. The number of carbonyl (C=O) groups is 2. The van der Waals surface area contributed by atoms with E-state index in [1.807, 2.05) is 32.0 Å². The van der Waals surface area contributed by atoms with Crippen molar-refractivity contribution in [3.05, 3.63) is 64.7 Å². The second-order valence-corrected chi connectivity index (χ2v) is 6.70. The zero-order valence-corrected chi connectivity index (χ0v) is 15.2. The molecule has 0 aromatic heterocycles. The van der Waals surface area contributed by atoms with Crippen LogP contribution in [0, 0.1) is 13.8 Å². The molecule has 2 aromatic carbocycles. The smallest absolute Gasteiger partial charge is 0.255 e. The van der Waals surface area contributed by atoms with E-state index in [-0.39, 0.29) is 17.9 Å². The van der Waals surface area contributed by atoms with Gasteiger partial charge in [0, 0.05) is 30.0 Å². The largest absolute Gasteiger partial charge is 0.376 e. The standard InChI is InChI=1S/C21H24N2O3/c1-14-8-9-15(2)19(11-14)23-21(25)17-6-3-5-16(12-17)20(24)22-13-18-7-4-10-26-18/h3,5-6,8-9,11-12,18H,4,7,10,13H2,1-2H3,(H,22,24)(H,23,25). The van der Waals surface area contributed by atoms with Gasteiger partial charge in [-0.3, -0.25) is 9.59 Å². The summed E-state index contributed by atoms with van der Waals surface area (Å²) in [6.07, 6.45) is 2.10. The van der Waals surface area contributed by atoms with Gasteiger partial charge in [0.05, 0.1) is 6.10 Å². The fraction of sp³-hybridized carbons (Fsp3) is 0.333. The number of anilines is 1. The zero-order chi connectivity index (χ0) is 18.5. The van der Waals surface area contributed by atoms with Crippen molar-refractivity contribution in [2.24, 2.45) is 0 Å². The van der Waals surface area contributed by atoms with E-state index in [0.717, 1.165) is 36.3 Å². The highest BCUT2D eigenvalue weighted by Crippen LogP contribution is 2.18. The van der Waals surface area contributed by atoms with Crippen molar-refractivity contribution < 1.29 is 14.3 Å². The Balaban J connectivity index is 1.66. The van der Waals surface area contributed by atoms with E-state index in [4.69, 9.17) is 4.74 Å². The quantitative estimate of drug-likeness (QED) is 0.866. The summed E-state index contributed by atoms with van der Waals surface area (Å²) in [6.45, 7) is 5.18. The number of hydrogen-bond acceptors (Lipinski definition) is 3. The predicted molar refractivity (Wildman–Crippen MR) is 102 cm³/mol. The van der Waals surface area contributed by atoms with Crippen LogP contribution in [0.25, 0.3) is 0 Å². The molecule has 1 fully saturated rings. The molecule has 1 unspecified atom stereocenters. The van der Waals surface area contributed by atoms with E-state index in [1.54, 1.807) is 24.3 Å². The molecule has 1 saturated heterocycles. The van der Waals surface area contributed by atoms with E-state index in [0.29, 0.717) is 17.7 Å². The summed E-state index contributed by atoms with van der Waals surface area (Å²) >= 11 is 0. The number of aryl methyl sites for hydroxylation is 2. The summed E-state index contributed by atoms with van der Waals surface area (Å²) < 4.78 is 5.51. The third-order valence-electron chi connectivity index (χ3n) is 4.54. The third-order valence-corrected chi connectivity index (χ3v) is 4.54. The van der Waals surface area contributed by atoms with E-state index in [1.165, 1.54) is 0 Å². The maximum absolute atomic E-state index is 12.6. The van der Waals surface area contributed by atoms with E-state index in [9.17, 15) is 9.59 Å². The SMILES string of the molecule is Cc1ccc(C)c(NC(=O)c2cccc(C(=O)NCC3CCCO3)c2)c1. The maximum atomic E-state index is 12.6. The Morgan fingerprint density at radius 3 is 2.58 bits per heavy atom. The summed E-state index contributed by atoms with van der Waals surface area (Å²) in [5.41, 5.74) is 3.78. The minimum atomic E-state index is -0.229. The molecule has 5 heteroatoms. The highest BCUT2D eigenvalue weighted by atomic mass is 16.5. The first-order valence-corrected chi connectivity index (χ1v) is 8.91. The summed E-state index contributed by atoms with van der Waals surface area (Å²) in [4.78, 5) is 24.9. The third kappa shape index (κ3) is 4.49. The average molecular weight is 352 g/mol. The number of hydrogen-bond donors (Lipinski definition) is 2. The van der Waals surface area contributed by atoms with Gasteiger partial charge in [-0.2, -0.15) is 0 Å². The molecule has 26 heavy (non-hydrogen) atoms. The Morgan fingerprint density at radius 1 is 1.08 bits per heavy atom. The molecule has 0 spiro atoms. The topological polar surface area (TPSA) is 67.4 Å². The minimum absolute atomic E-state index is 0.0923. The number of rotatable bonds is 5. The molecule has 0 bridgehead atoms. The maximum Gasteiger partial charge on any atom is 0.255 e. The van der Waals surface area contributed by atoms with Gasteiger partial charge in [-0.05, 0) is 62.1 Å². The highest BCUT2D eigenvalue weighted by Gasteiger charge is 2.17. The van der Waals surface area contributed by atoms with Crippen LogP contribution in [0.2, 0.25) is 0 Å². The Morgan fingerprint density at radius 2 is 1.85 bits per heavy atom. The molecule has 1 atom stereocenters. The van der Waals surface area contributed by atoms with Crippen molar-refractivity contribution in [3.8, 4) is 0 Å². The Labute approximate surface area is 153 Å². The van der Waals surface area contributed by atoms with Crippen LogP contribution in [0.15, 0.2) is 42.5 Å². The lowest BCUT2D eigenvalue weighted by Crippen LogP contribution is -2.31. The molecule has 2 N–H and O–H groups in total. The summed E-state index contributed by atoms with van der Waals surface area (Å²) in [5.74, 6) is -0.422. The van der Waals surface area contributed by atoms with Crippen LogP contribution < -0.4 is 10.6 Å². The number of amides is 2. The minimum Gasteiger partial charge on any atom is -0.376 e. The number of nitrogens with one attached hydrogen (secondary N) is 2. The molecular weight excluding hydrogens is 328 g/mol. The monoisotopic (exact) mass is 352 g/mol. The van der Waals surface area contributed by atoms with Crippen LogP contribution >= 0.6 is 0 Å². The number of ether oxygens (including phenoxy) is 1. The van der Waals surface area contributed by atoms with Crippen LogP contribution in [0.5, 0.6) is 0 Å². The zero-order valence-electron chi connectivity index (χ0n) is 15.2. The molecule has 136 valence electrons. The molecule has 0 saturated carbocycles. The second kappa shape index (κ2) is 8.15. The molecule has 1 aliphatic heterocycles. The highest BCUT2D eigenvalue weighted by molar-refractivity contribution is 6.06. The van der Waals surface area contributed by atoms with Crippen LogP contribution in [-0.2, 0) is 4.74 Å². The van der Waals surface area contributed by atoms with Gasteiger partial charge in [-0.25, -0.2) is 0 Å². The van der Waals surface area contributed by atoms with Crippen molar-refractivity contribution >= 4 is 17.5 Å². The molecule has 5 nitrogen and oxygen atoms in total. The van der Waals surface area contributed by atoms with Crippen LogP contribution in [0.4, 0.5) is 5.69 Å². The van der Waals surface area contributed by atoms with Gasteiger partial charge in [0.2, 0.25) is 0 Å². The molecule has 0 aliphatic carbocycles. The first-order chi connectivity index (χ1) is 12.5. The molecule has 1 heterocycles. The lowest BCUT2D eigenvalue weighted by molar-refractivity contribution is 0.0858. The van der Waals surface area contributed by atoms with Crippen molar-refractivity contribution in [1.82, 2.24) is 5.32 Å². The first kappa shape index (κ1) is 18.1. The Bertz CT molecular complexity index is 811. The molecule has 3 rings (SSSR count). The molecule has 2 amide bonds. The summed E-state index contributed by atoms with van der Waals surface area (Å²) in [7, 11) is 0. The first-order valence-electron chi connectivity index (χ1n) is 8.91. The molecule has 0 radical (unpaired) electrons. The van der Waals surface area contributed by atoms with Crippen LogP contribution in [-0.4, -0.2) is 31.1 Å². The van der Waals surface area contributed by atoms with Gasteiger partial charge in [0.1, 0.15) is 0 Å². The fourth-order valence-corrected chi connectivity index (χ4v) is 2.98. The molecule has 1 aliphatic rings. The van der Waals surface area contributed by atoms with Crippen molar-refractivity contribution in [2.45, 2.75) is 32.8 Å². The normalized spacial score (nSPS) is 16.3. The lowest BCUT2D eigenvalue weighted by atomic mass is 10.1. The van der Waals surface area contributed by atoms with Gasteiger partial charge in [-0.1, -0.05) is 18.2 Å². The summed E-state index contributed by atoms with van der Waals surface area (Å²) in [5, 5.41) is 5.80. The van der Waals surface area contributed by atoms with Crippen molar-refractivity contribution in [1.29, 1.82) is 0 Å². The van der Waals surface area contributed by atoms with Crippen LogP contribution in [0.3, 0.4) is 0 Å². The summed E-state index contributed by atoms with van der Waals surface area (Å²) in [6, 6.07) is 12.7. The lowest BCUT2D eigenvalue weighted by Gasteiger charge is -2.12. The van der Waals surface area contributed by atoms with Crippen molar-refractivity contribution in [2.75, 3.05) is 18.5 Å². The van der Waals surface area contributed by atoms with Crippen molar-refractivity contribution in [3.63, 3.8) is 0 Å². The number of carbonyl (C=O) groups excluding carboxylic acids is 2. The van der Waals surface area contributed by atoms with Gasteiger partial charge >= 0.3 is 0 Å². The second-order valence-electron chi connectivity index (χ2n) is 6.70. The predicted octanol–water partition coefficient (Wildman–Crippen LogP) is 3.46. The van der Waals surface area contributed by atoms with Gasteiger partial charge in [-0.15, -0.1) is 0 Å². The van der Waals surface area contributed by atoms with E-state index >= 15 is 0 Å². The van der Waals surface area contributed by atoms with Gasteiger partial charge in [0.25, 0.3) is 11.8 Å². The van der Waals surface area contributed by atoms with E-state index < -0.39 is 0 Å². The Hall–Kier alpha value is -2.66. The Kier molecular flexibility index (Phi) is 5.68. The van der Waals surface area contributed by atoms with Crippen LogP contribution in [0.1, 0.15) is 44.7 Å². The van der Waals surface area contributed by atoms with Gasteiger partial charge in [0.15, 0.2) is 0 Å². The van der Waals surface area contributed by atoms with Gasteiger partial charge < -0.3 is 15.4 Å².